The highest BCUT2D eigenvalue weighted by molar-refractivity contribution is 5.51. The second-order valence-electron chi connectivity index (χ2n) is 11.3. The molecule has 2 unspecified atom stereocenters. The normalized spacial score (nSPS) is 17.9. The number of aryl methyl sites for hydroxylation is 1. The second-order valence-corrected chi connectivity index (χ2v) is 11.3. The van der Waals surface area contributed by atoms with Crippen LogP contribution in [0, 0.1) is 17.8 Å². The Hall–Kier alpha value is -2.40. The van der Waals surface area contributed by atoms with Crippen molar-refractivity contribution in [3.8, 4) is 23.0 Å². The number of fused-ring (bicyclic) bond motifs is 1. The molecule has 1 aliphatic heterocycles. The molecule has 174 valence electrons. The number of aliphatic hydroxyl groups is 1. The zero-order valence-electron chi connectivity index (χ0n) is 20.4. The van der Waals surface area contributed by atoms with Crippen LogP contribution in [-0.2, 0) is 6.42 Å². The number of benzene rings is 2. The molecule has 0 saturated carbocycles. The van der Waals surface area contributed by atoms with Gasteiger partial charge in [-0.05, 0) is 34.9 Å². The van der Waals surface area contributed by atoms with E-state index < -0.39 is 12.2 Å². The van der Waals surface area contributed by atoms with Crippen LogP contribution in [0.1, 0.15) is 78.2 Å². The van der Waals surface area contributed by atoms with Crippen LogP contribution in [-0.4, -0.2) is 26.5 Å². The van der Waals surface area contributed by atoms with Gasteiger partial charge in [0.25, 0.3) is 0 Å². The van der Waals surface area contributed by atoms with E-state index >= 15 is 0 Å². The summed E-state index contributed by atoms with van der Waals surface area (Å²) in [5.74, 6) is 0.262. The lowest BCUT2D eigenvalue weighted by molar-refractivity contribution is 0.0197. The summed E-state index contributed by atoms with van der Waals surface area (Å²) in [6.07, 6.45) is -1.30. The molecule has 4 N–H and O–H groups in total. The molecule has 1 heterocycles. The van der Waals surface area contributed by atoms with Crippen LogP contribution >= 0.6 is 0 Å². The van der Waals surface area contributed by atoms with Gasteiger partial charge in [0.1, 0.15) is 29.1 Å². The third-order valence-corrected chi connectivity index (χ3v) is 3.75. The highest BCUT2D eigenvalue weighted by atomic mass is 16.5. The molecule has 5 nitrogen and oxygen atoms in total. The van der Waals surface area contributed by atoms with Gasteiger partial charge >= 0.3 is 0 Å². The minimum Gasteiger partial charge on any atom is -0.508 e. The molecule has 1 aliphatic rings. The lowest BCUT2D eigenvalue weighted by Crippen LogP contribution is -2.30. The second kappa shape index (κ2) is 10.3. The minimum absolute atomic E-state index is 0.103. The Labute approximate surface area is 187 Å². The molecule has 31 heavy (non-hydrogen) atoms. The van der Waals surface area contributed by atoms with Crippen molar-refractivity contribution in [1.82, 2.24) is 0 Å². The zero-order chi connectivity index (χ0) is 24.1. The number of hydrogen-bond acceptors (Lipinski definition) is 5. The van der Waals surface area contributed by atoms with E-state index in [1.165, 1.54) is 12.1 Å². The highest BCUT2D eigenvalue weighted by Gasteiger charge is 2.32. The number of rotatable bonds is 1. The number of hydrogen-bond donors (Lipinski definition) is 4. The molecule has 2 aromatic rings. The Balaban J connectivity index is 0.000000404. The van der Waals surface area contributed by atoms with Crippen LogP contribution < -0.4 is 4.74 Å². The van der Waals surface area contributed by atoms with E-state index in [1.807, 2.05) is 0 Å². The highest BCUT2D eigenvalue weighted by Crippen LogP contribution is 2.42. The van der Waals surface area contributed by atoms with Crippen molar-refractivity contribution in [3.63, 3.8) is 0 Å². The van der Waals surface area contributed by atoms with Gasteiger partial charge in [0, 0.05) is 24.1 Å². The maximum Gasteiger partial charge on any atom is 0.150 e. The maximum absolute atomic E-state index is 10.2. The van der Waals surface area contributed by atoms with E-state index in [0.29, 0.717) is 27.7 Å². The van der Waals surface area contributed by atoms with E-state index in [2.05, 4.69) is 55.4 Å². The number of aromatic hydroxyl groups is 3. The Kier molecular flexibility index (Phi) is 8.83. The van der Waals surface area contributed by atoms with Crippen LogP contribution in [0.25, 0.3) is 0 Å². The monoisotopic (exact) mass is 432 g/mol. The number of aliphatic hydroxyl groups excluding tert-OH is 1. The van der Waals surface area contributed by atoms with Gasteiger partial charge in [-0.3, -0.25) is 0 Å². The fourth-order valence-electron chi connectivity index (χ4n) is 2.55. The Bertz CT molecular complexity index is 835. The van der Waals surface area contributed by atoms with E-state index in [9.17, 15) is 20.4 Å². The average Bonchev–Trinajstić information content (AvgIpc) is 2.55. The fraction of sp³-hybridized carbons (Fsp3) is 0.538. The SMILES string of the molecule is CC(C)(C)C.CC(C)(C)C.Cc1ccc(C2Oc3cc(O)cc(O)c3CC2O)cc1O. The van der Waals surface area contributed by atoms with E-state index in [-0.39, 0.29) is 23.7 Å². The van der Waals surface area contributed by atoms with Crippen molar-refractivity contribution < 1.29 is 25.2 Å². The molecule has 5 heteroatoms. The van der Waals surface area contributed by atoms with Crippen molar-refractivity contribution in [2.45, 2.75) is 80.9 Å². The average molecular weight is 433 g/mol. The molecule has 0 radical (unpaired) electrons. The molecule has 0 amide bonds. The number of phenolic OH excluding ortho intramolecular Hbond substituents is 3. The summed E-state index contributed by atoms with van der Waals surface area (Å²) in [7, 11) is 0. The molecule has 0 aromatic heterocycles. The largest absolute Gasteiger partial charge is 0.508 e. The van der Waals surface area contributed by atoms with Gasteiger partial charge in [0.15, 0.2) is 0 Å². The summed E-state index contributed by atoms with van der Waals surface area (Å²) < 4.78 is 5.71. The maximum atomic E-state index is 10.2. The Morgan fingerprint density at radius 1 is 0.806 bits per heavy atom. The summed E-state index contributed by atoms with van der Waals surface area (Å²) in [6.45, 7) is 19.3. The third kappa shape index (κ3) is 9.97. The molecule has 2 atom stereocenters. The molecule has 0 bridgehead atoms. The van der Waals surface area contributed by atoms with E-state index in [4.69, 9.17) is 4.74 Å². The standard InChI is InChI=1S/C16H16O5.2C5H12/c1-8-2-3-9(4-12(8)18)16-14(20)7-11-13(19)5-10(17)6-15(11)21-16;2*1-5(2,3)4/h2-6,14,16-20H,7H2,1H3;2*1-4H3. The van der Waals surface area contributed by atoms with Crippen LogP contribution in [0.2, 0.25) is 0 Å². The number of ether oxygens (including phenoxy) is 1. The van der Waals surface area contributed by atoms with Crippen molar-refractivity contribution in [2.24, 2.45) is 10.8 Å². The lowest BCUT2D eigenvalue weighted by atomic mass is 9.93. The first-order chi connectivity index (χ1) is 14.0. The van der Waals surface area contributed by atoms with Crippen molar-refractivity contribution in [3.05, 3.63) is 47.0 Å². The number of phenols is 3. The minimum atomic E-state index is -0.852. The van der Waals surface area contributed by atoms with E-state index in [1.54, 1.807) is 25.1 Å². The first kappa shape index (κ1) is 26.6. The summed E-state index contributed by atoms with van der Waals surface area (Å²) in [5.41, 5.74) is 2.84. The van der Waals surface area contributed by atoms with Gasteiger partial charge in [-0.15, -0.1) is 0 Å². The summed E-state index contributed by atoms with van der Waals surface area (Å²) in [4.78, 5) is 0. The first-order valence-corrected chi connectivity index (χ1v) is 10.6. The van der Waals surface area contributed by atoms with Crippen LogP contribution in [0.5, 0.6) is 23.0 Å². The molecule has 0 aliphatic carbocycles. The predicted molar refractivity (Wildman–Crippen MR) is 126 cm³/mol. The molecule has 3 rings (SSSR count). The molecule has 2 aromatic carbocycles. The van der Waals surface area contributed by atoms with Crippen LogP contribution in [0.15, 0.2) is 30.3 Å². The fourth-order valence-corrected chi connectivity index (χ4v) is 2.55. The molecule has 0 saturated heterocycles. The third-order valence-electron chi connectivity index (χ3n) is 3.75. The van der Waals surface area contributed by atoms with Gasteiger partial charge in [-0.25, -0.2) is 0 Å². The topological polar surface area (TPSA) is 90.2 Å². The summed E-state index contributed by atoms with van der Waals surface area (Å²) in [6, 6.07) is 7.69. The van der Waals surface area contributed by atoms with Gasteiger partial charge in [-0.2, -0.15) is 0 Å². The quantitative estimate of drug-likeness (QED) is 0.427. The van der Waals surface area contributed by atoms with Crippen LogP contribution in [0.4, 0.5) is 0 Å². The van der Waals surface area contributed by atoms with Crippen molar-refractivity contribution in [1.29, 1.82) is 0 Å². The predicted octanol–water partition coefficient (Wildman–Crippen LogP) is 6.25. The van der Waals surface area contributed by atoms with E-state index in [0.717, 1.165) is 5.56 Å². The molecular formula is C26H40O5. The summed E-state index contributed by atoms with van der Waals surface area (Å²) >= 11 is 0. The smallest absolute Gasteiger partial charge is 0.150 e. The van der Waals surface area contributed by atoms with Gasteiger partial charge in [0.2, 0.25) is 0 Å². The molecular weight excluding hydrogens is 392 g/mol. The van der Waals surface area contributed by atoms with Crippen molar-refractivity contribution >= 4 is 0 Å². The van der Waals surface area contributed by atoms with Gasteiger partial charge in [0.05, 0.1) is 6.10 Å². The summed E-state index contributed by atoms with van der Waals surface area (Å²) in [5, 5.41) is 39.4. The lowest BCUT2D eigenvalue weighted by Gasteiger charge is -2.31. The Morgan fingerprint density at radius 3 is 1.81 bits per heavy atom. The van der Waals surface area contributed by atoms with Gasteiger partial charge < -0.3 is 25.2 Å². The van der Waals surface area contributed by atoms with Gasteiger partial charge in [-0.1, -0.05) is 67.5 Å². The van der Waals surface area contributed by atoms with Crippen molar-refractivity contribution in [2.75, 3.05) is 0 Å². The first-order valence-electron chi connectivity index (χ1n) is 10.6. The zero-order valence-corrected chi connectivity index (χ0v) is 20.4. The van der Waals surface area contributed by atoms with Crippen LogP contribution in [0.3, 0.4) is 0 Å². The molecule has 0 fully saturated rings. The molecule has 0 spiro atoms. The Morgan fingerprint density at radius 2 is 1.32 bits per heavy atom.